The van der Waals surface area contributed by atoms with Crippen LogP contribution in [0.5, 0.6) is 0 Å². The van der Waals surface area contributed by atoms with Crippen molar-refractivity contribution >= 4 is 21.6 Å². The second-order valence-corrected chi connectivity index (χ2v) is 7.77. The van der Waals surface area contributed by atoms with Crippen LogP contribution in [0.25, 0.3) is 0 Å². The van der Waals surface area contributed by atoms with Gasteiger partial charge in [-0.25, -0.2) is 13.1 Å². The lowest BCUT2D eigenvalue weighted by atomic mass is 9.77. The normalized spacial score (nSPS) is 17.1. The molecule has 1 heterocycles. The van der Waals surface area contributed by atoms with Gasteiger partial charge in [-0.3, -0.25) is 0 Å². The van der Waals surface area contributed by atoms with Gasteiger partial charge in [0.05, 0.1) is 6.20 Å². The molecule has 0 aliphatic heterocycles. The minimum Gasteiger partial charge on any atom is -0.360 e. The largest absolute Gasteiger partial charge is 0.360 e. The number of rotatable bonds is 6. The molecule has 2 aromatic rings. The number of hydrogen-bond donors (Lipinski definition) is 1. The smallest absolute Gasteiger partial charge is 0.219 e. The fourth-order valence-corrected chi connectivity index (χ4v) is 4.07. The van der Waals surface area contributed by atoms with E-state index in [2.05, 4.69) is 9.88 Å². The van der Waals surface area contributed by atoms with E-state index in [0.717, 1.165) is 24.8 Å². The summed E-state index contributed by atoms with van der Waals surface area (Å²) in [5, 5.41) is 4.17. The zero-order chi connectivity index (χ0) is 15.6. The van der Waals surface area contributed by atoms with Gasteiger partial charge >= 0.3 is 0 Å². The van der Waals surface area contributed by atoms with E-state index in [4.69, 9.17) is 16.1 Å². The Kier molecular flexibility index (Phi) is 4.52. The van der Waals surface area contributed by atoms with Gasteiger partial charge in [-0.05, 0) is 36.5 Å². The number of sulfonamides is 1. The maximum absolute atomic E-state index is 12.4. The third kappa shape index (κ3) is 3.69. The van der Waals surface area contributed by atoms with Gasteiger partial charge in [0.25, 0.3) is 0 Å². The second-order valence-electron chi connectivity index (χ2n) is 5.58. The average Bonchev–Trinajstić information content (AvgIpc) is 2.88. The van der Waals surface area contributed by atoms with E-state index in [0.29, 0.717) is 16.7 Å². The van der Waals surface area contributed by atoms with Crippen molar-refractivity contribution < 1.29 is 12.9 Å². The van der Waals surface area contributed by atoms with Crippen molar-refractivity contribution in [2.24, 2.45) is 5.92 Å². The van der Waals surface area contributed by atoms with Crippen LogP contribution in [-0.4, -0.2) is 13.6 Å². The molecule has 1 aromatic carbocycles. The Balaban J connectivity index is 1.79. The number of nitrogens with zero attached hydrogens (tertiary/aromatic N) is 1. The van der Waals surface area contributed by atoms with Gasteiger partial charge in [-0.1, -0.05) is 35.3 Å². The average molecular weight is 341 g/mol. The summed E-state index contributed by atoms with van der Waals surface area (Å²) < 4.78 is 32.4. The number of nitrogens with one attached hydrogen (secondary N) is 1. The summed E-state index contributed by atoms with van der Waals surface area (Å²) in [6.07, 6.45) is 4.63. The van der Waals surface area contributed by atoms with Gasteiger partial charge in [0.1, 0.15) is 5.75 Å². The van der Waals surface area contributed by atoms with E-state index < -0.39 is 10.0 Å². The van der Waals surface area contributed by atoms with Crippen LogP contribution in [0.4, 0.5) is 0 Å². The molecule has 1 aromatic heterocycles. The van der Waals surface area contributed by atoms with Gasteiger partial charge in [0.2, 0.25) is 10.0 Å². The van der Waals surface area contributed by atoms with E-state index in [1.807, 2.05) is 12.1 Å². The molecule has 0 spiro atoms. The van der Waals surface area contributed by atoms with E-state index in [9.17, 15) is 8.42 Å². The minimum absolute atomic E-state index is 0.205. The zero-order valence-corrected chi connectivity index (χ0v) is 13.5. The lowest BCUT2D eigenvalue weighted by molar-refractivity contribution is 0.250. The van der Waals surface area contributed by atoms with E-state index in [-0.39, 0.29) is 11.8 Å². The maximum Gasteiger partial charge on any atom is 0.219 e. The first-order chi connectivity index (χ1) is 10.5. The molecule has 0 saturated heterocycles. The summed E-state index contributed by atoms with van der Waals surface area (Å²) in [5.74, 6) is 0.450. The molecule has 1 saturated carbocycles. The van der Waals surface area contributed by atoms with E-state index in [1.165, 1.54) is 6.20 Å². The Morgan fingerprint density at radius 1 is 1.27 bits per heavy atom. The predicted octanol–water partition coefficient (Wildman–Crippen LogP) is 3.29. The molecule has 1 unspecified atom stereocenters. The number of hydrogen-bond acceptors (Lipinski definition) is 4. The lowest BCUT2D eigenvalue weighted by Gasteiger charge is -2.34. The molecule has 118 valence electrons. The third-order valence-corrected chi connectivity index (χ3v) is 5.51. The molecular weight excluding hydrogens is 324 g/mol. The molecule has 1 atom stereocenters. The quantitative estimate of drug-likeness (QED) is 0.875. The van der Waals surface area contributed by atoms with Crippen molar-refractivity contribution in [3.63, 3.8) is 0 Å². The third-order valence-electron chi connectivity index (χ3n) is 3.98. The van der Waals surface area contributed by atoms with Crippen molar-refractivity contribution in [2.45, 2.75) is 31.1 Å². The second kappa shape index (κ2) is 6.40. The summed E-state index contributed by atoms with van der Waals surface area (Å²) in [6, 6.07) is 8.66. The van der Waals surface area contributed by atoms with Gasteiger partial charge in [0, 0.05) is 17.1 Å². The molecule has 5 nitrogen and oxygen atoms in total. The van der Waals surface area contributed by atoms with Crippen molar-refractivity contribution in [3.8, 4) is 0 Å². The van der Waals surface area contributed by atoms with Crippen LogP contribution in [-0.2, 0) is 15.8 Å². The van der Waals surface area contributed by atoms with E-state index in [1.54, 1.807) is 18.2 Å². The van der Waals surface area contributed by atoms with Gasteiger partial charge in [-0.15, -0.1) is 0 Å². The Morgan fingerprint density at radius 3 is 2.55 bits per heavy atom. The lowest BCUT2D eigenvalue weighted by Crippen LogP contribution is -2.36. The zero-order valence-electron chi connectivity index (χ0n) is 11.9. The molecule has 3 rings (SSSR count). The molecular formula is C15H17ClN2O3S. The minimum atomic E-state index is -3.50. The molecule has 1 N–H and O–H groups in total. The SMILES string of the molecule is O=S(=O)(Cc1ccno1)NC(c1ccc(Cl)cc1)C1CCC1. The molecule has 0 radical (unpaired) electrons. The first-order valence-corrected chi connectivity index (χ1v) is 9.21. The van der Waals surface area contributed by atoms with Gasteiger partial charge in [-0.2, -0.15) is 0 Å². The fraction of sp³-hybridized carbons (Fsp3) is 0.400. The summed E-state index contributed by atoms with van der Waals surface area (Å²) in [6.45, 7) is 0. The van der Waals surface area contributed by atoms with Crippen LogP contribution in [0.15, 0.2) is 41.1 Å². The molecule has 0 amide bonds. The van der Waals surface area contributed by atoms with Crippen LogP contribution in [0.2, 0.25) is 5.02 Å². The maximum atomic E-state index is 12.4. The highest BCUT2D eigenvalue weighted by molar-refractivity contribution is 7.88. The van der Waals surface area contributed by atoms with Crippen LogP contribution < -0.4 is 4.72 Å². The molecule has 1 aliphatic carbocycles. The van der Waals surface area contributed by atoms with Crippen LogP contribution in [0, 0.1) is 5.92 Å². The van der Waals surface area contributed by atoms with Crippen molar-refractivity contribution in [1.82, 2.24) is 9.88 Å². The van der Waals surface area contributed by atoms with E-state index >= 15 is 0 Å². The van der Waals surface area contributed by atoms with Crippen LogP contribution in [0.1, 0.15) is 36.6 Å². The molecule has 1 aliphatic rings. The van der Waals surface area contributed by atoms with Crippen molar-refractivity contribution in [1.29, 1.82) is 0 Å². The Hall–Kier alpha value is -1.37. The standard InChI is InChI=1S/C15H17ClN2O3S/c16-13-6-4-12(5-7-13)15(11-2-1-3-11)18-22(19,20)10-14-8-9-17-21-14/h4-9,11,15,18H,1-3,10H2. The van der Waals surface area contributed by atoms with Crippen molar-refractivity contribution in [3.05, 3.63) is 52.9 Å². The highest BCUT2D eigenvalue weighted by atomic mass is 35.5. The monoisotopic (exact) mass is 340 g/mol. The number of benzene rings is 1. The topological polar surface area (TPSA) is 72.2 Å². The highest BCUT2D eigenvalue weighted by Gasteiger charge is 2.32. The molecule has 22 heavy (non-hydrogen) atoms. The Bertz CT molecular complexity index is 710. The predicted molar refractivity (Wildman–Crippen MR) is 83.8 cm³/mol. The first-order valence-electron chi connectivity index (χ1n) is 7.18. The molecule has 1 fully saturated rings. The summed E-state index contributed by atoms with van der Waals surface area (Å²) in [5.41, 5.74) is 0.940. The molecule has 7 heteroatoms. The Labute approximate surface area is 134 Å². The number of halogens is 1. The summed E-state index contributed by atoms with van der Waals surface area (Å²) >= 11 is 5.91. The van der Waals surface area contributed by atoms with Crippen LogP contribution in [0.3, 0.4) is 0 Å². The Morgan fingerprint density at radius 2 is 2.00 bits per heavy atom. The van der Waals surface area contributed by atoms with Crippen molar-refractivity contribution in [2.75, 3.05) is 0 Å². The van der Waals surface area contributed by atoms with Crippen LogP contribution >= 0.6 is 11.6 Å². The number of aromatic nitrogens is 1. The summed E-state index contributed by atoms with van der Waals surface area (Å²) in [4.78, 5) is 0. The first kappa shape index (κ1) is 15.5. The summed E-state index contributed by atoms with van der Waals surface area (Å²) in [7, 11) is -3.50. The fourth-order valence-electron chi connectivity index (χ4n) is 2.62. The van der Waals surface area contributed by atoms with Gasteiger partial charge < -0.3 is 4.52 Å². The highest BCUT2D eigenvalue weighted by Crippen LogP contribution is 2.38. The van der Waals surface area contributed by atoms with Gasteiger partial charge in [0.15, 0.2) is 5.76 Å². The molecule has 0 bridgehead atoms.